The molecule has 5 rings (SSSR count). The number of nitrogens with zero attached hydrogens (tertiary/aromatic N) is 2. The Labute approximate surface area is 186 Å². The van der Waals surface area contributed by atoms with Gasteiger partial charge in [0.05, 0.1) is 10.6 Å². The minimum Gasteiger partial charge on any atom is -0.372 e. The fourth-order valence-corrected chi connectivity index (χ4v) is 5.49. The van der Waals surface area contributed by atoms with E-state index >= 15 is 0 Å². The molecule has 0 atom stereocenters. The molecule has 0 saturated carbocycles. The van der Waals surface area contributed by atoms with Gasteiger partial charge in [-0.15, -0.1) is 0 Å². The molecule has 0 N–H and O–H groups in total. The van der Waals surface area contributed by atoms with E-state index in [9.17, 15) is 4.79 Å². The maximum atomic E-state index is 13.3. The molecule has 1 amide bonds. The van der Waals surface area contributed by atoms with Crippen molar-refractivity contribution in [2.75, 3.05) is 22.9 Å². The van der Waals surface area contributed by atoms with Crippen LogP contribution in [0.15, 0.2) is 65.6 Å². The van der Waals surface area contributed by atoms with Gasteiger partial charge in [-0.3, -0.25) is 9.69 Å². The Bertz CT molecular complexity index is 1190. The molecule has 2 fully saturated rings. The fourth-order valence-electron chi connectivity index (χ4n) is 4.21. The van der Waals surface area contributed by atoms with Gasteiger partial charge in [-0.2, -0.15) is 0 Å². The third-order valence-electron chi connectivity index (χ3n) is 5.81. The summed E-state index contributed by atoms with van der Waals surface area (Å²) in [4.78, 5) is 18.1. The summed E-state index contributed by atoms with van der Waals surface area (Å²) in [6.07, 6.45) is 4.50. The Morgan fingerprint density at radius 2 is 1.77 bits per heavy atom. The Morgan fingerprint density at radius 3 is 2.57 bits per heavy atom. The van der Waals surface area contributed by atoms with Crippen LogP contribution >= 0.6 is 24.0 Å². The maximum absolute atomic E-state index is 13.3. The molecule has 3 nitrogen and oxygen atoms in total. The molecule has 2 aliphatic heterocycles. The number of fused-ring (bicyclic) bond motifs is 1. The summed E-state index contributed by atoms with van der Waals surface area (Å²) in [5.74, 6) is -0.0515. The first kappa shape index (κ1) is 19.3. The zero-order valence-electron chi connectivity index (χ0n) is 16.8. The molecule has 0 aromatic heterocycles. The van der Waals surface area contributed by atoms with Crippen LogP contribution in [0, 0.1) is 6.92 Å². The lowest BCUT2D eigenvalue weighted by Gasteiger charge is -2.18. The molecule has 0 radical (unpaired) electrons. The van der Waals surface area contributed by atoms with E-state index < -0.39 is 0 Å². The summed E-state index contributed by atoms with van der Waals surface area (Å²) in [5.41, 5.74) is 4.36. The van der Waals surface area contributed by atoms with Gasteiger partial charge in [0, 0.05) is 24.2 Å². The van der Waals surface area contributed by atoms with Crippen LogP contribution in [0.5, 0.6) is 0 Å². The number of carbonyl (C=O) groups excluding carboxylic acids is 1. The van der Waals surface area contributed by atoms with E-state index in [4.69, 9.17) is 12.2 Å². The van der Waals surface area contributed by atoms with E-state index in [1.807, 2.05) is 36.4 Å². The number of amides is 1. The summed E-state index contributed by atoms with van der Waals surface area (Å²) in [6, 6.07) is 20.6. The van der Waals surface area contributed by atoms with E-state index in [1.54, 1.807) is 4.90 Å². The van der Waals surface area contributed by atoms with Crippen LogP contribution in [0.4, 0.5) is 11.4 Å². The highest BCUT2D eigenvalue weighted by Crippen LogP contribution is 2.39. The van der Waals surface area contributed by atoms with Crippen molar-refractivity contribution in [3.8, 4) is 0 Å². The molecule has 0 bridgehead atoms. The van der Waals surface area contributed by atoms with Gasteiger partial charge >= 0.3 is 0 Å². The first-order chi connectivity index (χ1) is 14.6. The van der Waals surface area contributed by atoms with E-state index in [0.717, 1.165) is 35.1 Å². The second-order valence-corrected chi connectivity index (χ2v) is 9.43. The maximum Gasteiger partial charge on any atom is 0.270 e. The Balaban J connectivity index is 1.47. The molecule has 2 saturated heterocycles. The molecule has 2 aliphatic rings. The number of anilines is 2. The van der Waals surface area contributed by atoms with E-state index in [1.165, 1.54) is 35.9 Å². The van der Waals surface area contributed by atoms with Crippen molar-refractivity contribution >= 4 is 62.4 Å². The quantitative estimate of drug-likeness (QED) is 0.367. The first-order valence-corrected chi connectivity index (χ1v) is 11.5. The van der Waals surface area contributed by atoms with Crippen molar-refractivity contribution in [2.24, 2.45) is 0 Å². The number of thiocarbonyl (C=S) groups is 1. The number of thioether (sulfide) groups is 1. The van der Waals surface area contributed by atoms with Crippen molar-refractivity contribution < 1.29 is 4.79 Å². The Hall–Kier alpha value is -2.63. The summed E-state index contributed by atoms with van der Waals surface area (Å²) < 4.78 is 0.578. The van der Waals surface area contributed by atoms with Gasteiger partial charge in [-0.1, -0.05) is 66.4 Å². The van der Waals surface area contributed by atoms with Gasteiger partial charge in [0.1, 0.15) is 0 Å². The molecule has 30 heavy (non-hydrogen) atoms. The molecular formula is C25H22N2OS2. The van der Waals surface area contributed by atoms with Gasteiger partial charge in [0.2, 0.25) is 0 Å². The van der Waals surface area contributed by atoms with Gasteiger partial charge in [0.25, 0.3) is 5.91 Å². The van der Waals surface area contributed by atoms with Crippen LogP contribution in [-0.2, 0) is 4.79 Å². The standard InChI is InChI=1S/C25H22N2OS2/c1-17-15-20(26-13-4-5-14-26)12-11-19(17)16-23-24(28)27(25(29)30-23)22-10-6-8-18-7-2-3-9-21(18)22/h2-3,6-12,15-16H,4-5,13-14H2,1H3/b23-16-. The highest BCUT2D eigenvalue weighted by atomic mass is 32.2. The topological polar surface area (TPSA) is 23.6 Å². The summed E-state index contributed by atoms with van der Waals surface area (Å²) in [7, 11) is 0. The molecule has 0 aliphatic carbocycles. The second kappa shape index (κ2) is 7.89. The minimum atomic E-state index is -0.0515. The van der Waals surface area contributed by atoms with E-state index in [0.29, 0.717) is 9.23 Å². The van der Waals surface area contributed by atoms with Crippen LogP contribution in [0.2, 0.25) is 0 Å². The van der Waals surface area contributed by atoms with Crippen LogP contribution in [0.1, 0.15) is 24.0 Å². The normalized spacial score (nSPS) is 18.2. The first-order valence-electron chi connectivity index (χ1n) is 10.2. The van der Waals surface area contributed by atoms with Gasteiger partial charge in [0.15, 0.2) is 4.32 Å². The molecule has 3 aromatic carbocycles. The molecular weight excluding hydrogens is 408 g/mol. The average Bonchev–Trinajstić information content (AvgIpc) is 3.38. The molecule has 150 valence electrons. The lowest BCUT2D eigenvalue weighted by atomic mass is 10.1. The van der Waals surface area contributed by atoms with E-state index in [2.05, 4.69) is 42.2 Å². The Morgan fingerprint density at radius 1 is 1.00 bits per heavy atom. The lowest BCUT2D eigenvalue weighted by molar-refractivity contribution is -0.113. The molecule has 0 spiro atoms. The van der Waals surface area contributed by atoms with Gasteiger partial charge in [-0.25, -0.2) is 0 Å². The zero-order valence-corrected chi connectivity index (χ0v) is 18.4. The molecule has 0 unspecified atom stereocenters. The second-order valence-electron chi connectivity index (χ2n) is 7.75. The van der Waals surface area contributed by atoms with E-state index in [-0.39, 0.29) is 5.91 Å². The van der Waals surface area contributed by atoms with Crippen molar-refractivity contribution in [1.29, 1.82) is 0 Å². The summed E-state index contributed by atoms with van der Waals surface area (Å²) in [6.45, 7) is 4.36. The van der Waals surface area contributed by atoms with Crippen LogP contribution in [0.25, 0.3) is 16.8 Å². The number of carbonyl (C=O) groups is 1. The van der Waals surface area contributed by atoms with Crippen molar-refractivity contribution in [1.82, 2.24) is 0 Å². The number of rotatable bonds is 3. The van der Waals surface area contributed by atoms with Crippen molar-refractivity contribution in [3.63, 3.8) is 0 Å². The molecule has 5 heteroatoms. The lowest BCUT2D eigenvalue weighted by Crippen LogP contribution is -2.27. The third kappa shape index (κ3) is 3.42. The smallest absolute Gasteiger partial charge is 0.270 e. The van der Waals surface area contributed by atoms with Crippen molar-refractivity contribution in [2.45, 2.75) is 19.8 Å². The van der Waals surface area contributed by atoms with Gasteiger partial charge < -0.3 is 4.90 Å². The fraction of sp³-hybridized carbons (Fsp3) is 0.200. The highest BCUT2D eigenvalue weighted by Gasteiger charge is 2.34. The third-order valence-corrected chi connectivity index (χ3v) is 7.11. The largest absolute Gasteiger partial charge is 0.372 e. The minimum absolute atomic E-state index is 0.0515. The van der Waals surface area contributed by atoms with Crippen LogP contribution in [-0.4, -0.2) is 23.3 Å². The van der Waals surface area contributed by atoms with Gasteiger partial charge in [-0.05, 0) is 60.6 Å². The highest BCUT2D eigenvalue weighted by molar-refractivity contribution is 8.27. The van der Waals surface area contributed by atoms with Crippen molar-refractivity contribution in [3.05, 3.63) is 76.7 Å². The van der Waals surface area contributed by atoms with Crippen LogP contribution in [0.3, 0.4) is 0 Å². The van der Waals surface area contributed by atoms with Crippen LogP contribution < -0.4 is 9.80 Å². The monoisotopic (exact) mass is 430 g/mol. The molecule has 2 heterocycles. The summed E-state index contributed by atoms with van der Waals surface area (Å²) >= 11 is 6.98. The predicted molar refractivity (Wildman–Crippen MR) is 132 cm³/mol. The SMILES string of the molecule is Cc1cc(N2CCCC2)ccc1/C=C1\SC(=S)N(c2cccc3ccccc23)C1=O. The molecule has 3 aromatic rings. The summed E-state index contributed by atoms with van der Waals surface area (Å²) in [5, 5.41) is 2.13. The number of hydrogen-bond donors (Lipinski definition) is 0. The zero-order chi connectivity index (χ0) is 20.7. The Kier molecular flexibility index (Phi) is 5.09. The number of benzene rings is 3. The average molecular weight is 431 g/mol. The number of hydrogen-bond acceptors (Lipinski definition) is 4. The predicted octanol–water partition coefficient (Wildman–Crippen LogP) is 6.15. The number of aryl methyl sites for hydroxylation is 1.